The van der Waals surface area contributed by atoms with Crippen LogP contribution in [0.4, 0.5) is 5.69 Å². The molecule has 4 nitrogen and oxygen atoms in total. The number of hydrogen-bond donors (Lipinski definition) is 1. The highest BCUT2D eigenvalue weighted by Crippen LogP contribution is 2.23. The summed E-state index contributed by atoms with van der Waals surface area (Å²) in [6.45, 7) is 1.94. The van der Waals surface area contributed by atoms with Crippen molar-refractivity contribution in [1.82, 2.24) is 4.98 Å². The summed E-state index contributed by atoms with van der Waals surface area (Å²) in [5.74, 6) is 0.435. The van der Waals surface area contributed by atoms with Gasteiger partial charge in [0.2, 0.25) is 0 Å². The molecule has 0 saturated heterocycles. The quantitative estimate of drug-likeness (QED) is 0.743. The molecule has 0 fully saturated rings. The van der Waals surface area contributed by atoms with Gasteiger partial charge in [0.1, 0.15) is 5.75 Å². The maximum atomic E-state index is 12.0. The number of fused-ring (bicyclic) bond motifs is 1. The lowest BCUT2D eigenvalue weighted by molar-refractivity contribution is -0.118. The first-order valence-electron chi connectivity index (χ1n) is 7.15. The molecule has 1 heterocycles. The van der Waals surface area contributed by atoms with Gasteiger partial charge in [-0.15, -0.1) is 0 Å². The second-order valence-corrected chi connectivity index (χ2v) is 6.03. The minimum Gasteiger partial charge on any atom is -0.484 e. The Morgan fingerprint density at radius 3 is 2.91 bits per heavy atom. The molecule has 0 aliphatic carbocycles. The molecule has 3 aromatic rings. The largest absolute Gasteiger partial charge is 0.484 e. The standard InChI is InChI=1S/C18H15BrN2O2/c1-12-4-6-17(15(19)9-12)21-18(22)11-23-14-5-7-16-13(10-14)3-2-8-20-16/h2-10H,11H2,1H3,(H,21,22). The van der Waals surface area contributed by atoms with Gasteiger partial charge in [0.05, 0.1) is 11.2 Å². The van der Waals surface area contributed by atoms with Crippen LogP contribution in [0.1, 0.15) is 5.56 Å². The van der Waals surface area contributed by atoms with E-state index in [1.807, 2.05) is 55.5 Å². The molecule has 1 N–H and O–H groups in total. The number of nitrogens with one attached hydrogen (secondary N) is 1. The van der Waals surface area contributed by atoms with E-state index in [-0.39, 0.29) is 12.5 Å². The van der Waals surface area contributed by atoms with Crippen molar-refractivity contribution in [3.8, 4) is 5.75 Å². The fraction of sp³-hybridized carbons (Fsp3) is 0.111. The zero-order chi connectivity index (χ0) is 16.2. The highest BCUT2D eigenvalue weighted by Gasteiger charge is 2.07. The van der Waals surface area contributed by atoms with E-state index in [0.717, 1.165) is 26.6 Å². The van der Waals surface area contributed by atoms with Gasteiger partial charge >= 0.3 is 0 Å². The van der Waals surface area contributed by atoms with Crippen molar-refractivity contribution in [1.29, 1.82) is 0 Å². The van der Waals surface area contributed by atoms with Gasteiger partial charge < -0.3 is 10.1 Å². The number of amides is 1. The molecule has 2 aromatic carbocycles. The van der Waals surface area contributed by atoms with Crippen LogP contribution in [0, 0.1) is 6.92 Å². The van der Waals surface area contributed by atoms with Crippen molar-refractivity contribution in [3.63, 3.8) is 0 Å². The Bertz CT molecular complexity index is 865. The van der Waals surface area contributed by atoms with Gasteiger partial charge in [0.25, 0.3) is 5.91 Å². The molecule has 1 aromatic heterocycles. The average molecular weight is 371 g/mol. The SMILES string of the molecule is Cc1ccc(NC(=O)COc2ccc3ncccc3c2)c(Br)c1. The second kappa shape index (κ2) is 6.79. The van der Waals surface area contributed by atoms with E-state index >= 15 is 0 Å². The summed E-state index contributed by atoms with van der Waals surface area (Å²) < 4.78 is 6.41. The lowest BCUT2D eigenvalue weighted by atomic mass is 10.2. The smallest absolute Gasteiger partial charge is 0.262 e. The number of ether oxygens (including phenoxy) is 1. The number of pyridine rings is 1. The lowest BCUT2D eigenvalue weighted by Crippen LogP contribution is -2.20. The Balaban J connectivity index is 1.63. The number of carbonyl (C=O) groups is 1. The van der Waals surface area contributed by atoms with Crippen LogP contribution in [0.15, 0.2) is 59.2 Å². The zero-order valence-corrected chi connectivity index (χ0v) is 14.1. The molecule has 3 rings (SSSR count). The summed E-state index contributed by atoms with van der Waals surface area (Å²) in [5.41, 5.74) is 2.75. The van der Waals surface area contributed by atoms with Gasteiger partial charge in [-0.3, -0.25) is 9.78 Å². The number of carbonyl (C=O) groups excluding carboxylic acids is 1. The topological polar surface area (TPSA) is 51.2 Å². The van der Waals surface area contributed by atoms with Crippen LogP contribution in [0.25, 0.3) is 10.9 Å². The van der Waals surface area contributed by atoms with E-state index in [1.165, 1.54) is 0 Å². The molecule has 0 unspecified atom stereocenters. The van der Waals surface area contributed by atoms with Gasteiger partial charge in [-0.05, 0) is 64.8 Å². The Labute approximate surface area is 142 Å². The molecule has 116 valence electrons. The number of rotatable bonds is 4. The Morgan fingerprint density at radius 2 is 2.09 bits per heavy atom. The summed E-state index contributed by atoms with van der Waals surface area (Å²) >= 11 is 3.44. The highest BCUT2D eigenvalue weighted by atomic mass is 79.9. The Morgan fingerprint density at radius 1 is 1.22 bits per heavy atom. The summed E-state index contributed by atoms with van der Waals surface area (Å²) in [5, 5.41) is 3.80. The maximum Gasteiger partial charge on any atom is 0.262 e. The van der Waals surface area contributed by atoms with E-state index in [2.05, 4.69) is 26.2 Å². The first-order valence-corrected chi connectivity index (χ1v) is 7.95. The molecule has 1 amide bonds. The number of aromatic nitrogens is 1. The molecule has 23 heavy (non-hydrogen) atoms. The van der Waals surface area contributed by atoms with E-state index < -0.39 is 0 Å². The summed E-state index contributed by atoms with van der Waals surface area (Å²) in [4.78, 5) is 16.3. The number of benzene rings is 2. The van der Waals surface area contributed by atoms with Gasteiger partial charge in [0.15, 0.2) is 6.61 Å². The van der Waals surface area contributed by atoms with Crippen LogP contribution < -0.4 is 10.1 Å². The third kappa shape index (κ3) is 3.87. The van der Waals surface area contributed by atoms with Crippen LogP contribution >= 0.6 is 15.9 Å². The molecular weight excluding hydrogens is 356 g/mol. The molecule has 5 heteroatoms. The van der Waals surface area contributed by atoms with Crippen LogP contribution in [0.2, 0.25) is 0 Å². The molecule has 0 spiro atoms. The lowest BCUT2D eigenvalue weighted by Gasteiger charge is -2.10. The zero-order valence-electron chi connectivity index (χ0n) is 12.5. The molecule has 0 saturated carbocycles. The average Bonchev–Trinajstić information content (AvgIpc) is 2.55. The van der Waals surface area contributed by atoms with Crippen molar-refractivity contribution in [2.75, 3.05) is 11.9 Å². The number of hydrogen-bond acceptors (Lipinski definition) is 3. The summed E-state index contributed by atoms with van der Waals surface area (Å²) in [6.07, 6.45) is 1.75. The van der Waals surface area contributed by atoms with Crippen molar-refractivity contribution in [2.45, 2.75) is 6.92 Å². The van der Waals surface area contributed by atoms with Crippen LogP contribution in [0.5, 0.6) is 5.75 Å². The first kappa shape index (κ1) is 15.5. The molecule has 0 aliphatic rings. The van der Waals surface area contributed by atoms with Crippen molar-refractivity contribution >= 4 is 38.4 Å². The predicted octanol–water partition coefficient (Wildman–Crippen LogP) is 4.32. The molecule has 0 radical (unpaired) electrons. The van der Waals surface area contributed by atoms with E-state index in [0.29, 0.717) is 5.75 Å². The number of halogens is 1. The fourth-order valence-electron chi connectivity index (χ4n) is 2.20. The Kier molecular flexibility index (Phi) is 4.57. The number of nitrogens with zero attached hydrogens (tertiary/aromatic N) is 1. The van der Waals surface area contributed by atoms with Crippen molar-refractivity contribution < 1.29 is 9.53 Å². The van der Waals surface area contributed by atoms with E-state index in [4.69, 9.17) is 4.74 Å². The Hall–Kier alpha value is -2.40. The van der Waals surface area contributed by atoms with Gasteiger partial charge in [-0.1, -0.05) is 12.1 Å². The third-order valence-electron chi connectivity index (χ3n) is 3.34. The second-order valence-electron chi connectivity index (χ2n) is 5.18. The highest BCUT2D eigenvalue weighted by molar-refractivity contribution is 9.10. The normalized spacial score (nSPS) is 10.5. The van der Waals surface area contributed by atoms with E-state index in [1.54, 1.807) is 6.20 Å². The molecule has 0 aliphatic heterocycles. The molecule has 0 atom stereocenters. The van der Waals surface area contributed by atoms with E-state index in [9.17, 15) is 4.79 Å². The summed E-state index contributed by atoms with van der Waals surface area (Å²) in [6, 6.07) is 15.1. The predicted molar refractivity (Wildman–Crippen MR) is 94.7 cm³/mol. The number of anilines is 1. The minimum atomic E-state index is -0.208. The maximum absolute atomic E-state index is 12.0. The minimum absolute atomic E-state index is 0.0495. The van der Waals surface area contributed by atoms with Gasteiger partial charge in [0, 0.05) is 16.1 Å². The van der Waals surface area contributed by atoms with Crippen LogP contribution in [0.3, 0.4) is 0 Å². The first-order chi connectivity index (χ1) is 11.1. The molecular formula is C18H15BrN2O2. The van der Waals surface area contributed by atoms with Crippen LogP contribution in [-0.4, -0.2) is 17.5 Å². The van der Waals surface area contributed by atoms with Crippen molar-refractivity contribution in [2.24, 2.45) is 0 Å². The monoisotopic (exact) mass is 370 g/mol. The van der Waals surface area contributed by atoms with Crippen molar-refractivity contribution in [3.05, 3.63) is 64.8 Å². The molecule has 0 bridgehead atoms. The third-order valence-corrected chi connectivity index (χ3v) is 4.00. The number of aryl methyl sites for hydroxylation is 1. The van der Waals surface area contributed by atoms with Gasteiger partial charge in [-0.2, -0.15) is 0 Å². The fourth-order valence-corrected chi connectivity index (χ4v) is 2.79. The van der Waals surface area contributed by atoms with Crippen LogP contribution in [-0.2, 0) is 4.79 Å². The summed E-state index contributed by atoms with van der Waals surface area (Å²) in [7, 11) is 0. The van der Waals surface area contributed by atoms with Gasteiger partial charge in [-0.25, -0.2) is 0 Å².